The monoisotopic (exact) mass is 423 g/mol. The first-order chi connectivity index (χ1) is 11.5. The number of para-hydroxylation sites is 1. The smallest absolute Gasteiger partial charge is 0.298 e. The highest BCUT2D eigenvalue weighted by atomic mass is 79.9. The number of rotatable bonds is 3. The average Bonchev–Trinajstić information content (AvgIpc) is 2.82. The fourth-order valence-corrected chi connectivity index (χ4v) is 4.18. The molecule has 4 nitrogen and oxygen atoms in total. The molecule has 0 spiro atoms. The van der Waals surface area contributed by atoms with Gasteiger partial charge in [-0.2, -0.15) is 0 Å². The van der Waals surface area contributed by atoms with Crippen molar-refractivity contribution in [1.29, 1.82) is 0 Å². The third-order valence-corrected chi connectivity index (χ3v) is 5.07. The number of imide groups is 1. The summed E-state index contributed by atoms with van der Waals surface area (Å²) in [4.78, 5) is 26.3. The van der Waals surface area contributed by atoms with Crippen LogP contribution >= 0.6 is 39.3 Å². The van der Waals surface area contributed by atoms with Gasteiger partial charge >= 0.3 is 0 Å². The second-order valence-corrected chi connectivity index (χ2v) is 7.13. The molecule has 1 fully saturated rings. The van der Waals surface area contributed by atoms with Gasteiger partial charge < -0.3 is 4.74 Å². The van der Waals surface area contributed by atoms with Gasteiger partial charge in [-0.3, -0.25) is 9.59 Å². The molecular weight excluding hydrogens is 414 g/mol. The molecule has 2 aromatic rings. The van der Waals surface area contributed by atoms with Crippen molar-refractivity contribution in [3.05, 3.63) is 62.4 Å². The number of nitrogens with zero attached hydrogens (tertiary/aromatic N) is 1. The van der Waals surface area contributed by atoms with Crippen LogP contribution in [-0.2, 0) is 4.79 Å². The van der Waals surface area contributed by atoms with Crippen LogP contribution in [0.5, 0.6) is 5.75 Å². The number of hydrogen-bond donors (Lipinski definition) is 0. The van der Waals surface area contributed by atoms with Crippen LogP contribution in [0.15, 0.2) is 51.8 Å². The summed E-state index contributed by atoms with van der Waals surface area (Å²) in [6.07, 6.45) is 1.64. The number of methoxy groups -OCH3 is 1. The van der Waals surface area contributed by atoms with Crippen LogP contribution in [0, 0.1) is 0 Å². The molecule has 0 unspecified atom stereocenters. The van der Waals surface area contributed by atoms with E-state index in [1.54, 1.807) is 42.5 Å². The SMILES string of the molecule is COc1c(Cl)cc(/C=C2\SC(=O)N(c3ccccc3)C2=O)cc1Br. The zero-order valence-electron chi connectivity index (χ0n) is 12.5. The Kier molecular flexibility index (Phi) is 4.99. The number of amides is 2. The van der Waals surface area contributed by atoms with Gasteiger partial charge in [0.25, 0.3) is 11.1 Å². The molecule has 2 aromatic carbocycles. The van der Waals surface area contributed by atoms with Gasteiger partial charge in [0, 0.05) is 0 Å². The Bertz CT molecular complexity index is 831. The maximum absolute atomic E-state index is 12.6. The van der Waals surface area contributed by atoms with Gasteiger partial charge in [0.15, 0.2) is 5.75 Å². The second kappa shape index (κ2) is 7.01. The molecule has 0 N–H and O–H groups in total. The van der Waals surface area contributed by atoms with Gasteiger partial charge in [-0.1, -0.05) is 29.8 Å². The topological polar surface area (TPSA) is 46.6 Å². The average molecular weight is 425 g/mol. The minimum atomic E-state index is -0.348. The third kappa shape index (κ3) is 3.22. The van der Waals surface area contributed by atoms with Crippen molar-refractivity contribution in [3.8, 4) is 5.75 Å². The number of benzene rings is 2. The summed E-state index contributed by atoms with van der Waals surface area (Å²) in [5.41, 5.74) is 1.25. The van der Waals surface area contributed by atoms with Gasteiger partial charge in [0.05, 0.1) is 27.2 Å². The van der Waals surface area contributed by atoms with Crippen molar-refractivity contribution >= 4 is 62.2 Å². The van der Waals surface area contributed by atoms with Crippen LogP contribution < -0.4 is 9.64 Å². The van der Waals surface area contributed by atoms with Crippen LogP contribution in [0.2, 0.25) is 5.02 Å². The van der Waals surface area contributed by atoms with E-state index in [-0.39, 0.29) is 11.1 Å². The molecule has 7 heteroatoms. The summed E-state index contributed by atoms with van der Waals surface area (Å²) in [7, 11) is 1.52. The van der Waals surface area contributed by atoms with E-state index in [1.807, 2.05) is 6.07 Å². The van der Waals surface area contributed by atoms with Gasteiger partial charge in [-0.25, -0.2) is 4.90 Å². The van der Waals surface area contributed by atoms with Crippen molar-refractivity contribution in [2.45, 2.75) is 0 Å². The van der Waals surface area contributed by atoms with Gasteiger partial charge in [-0.15, -0.1) is 0 Å². The van der Waals surface area contributed by atoms with E-state index < -0.39 is 0 Å². The highest BCUT2D eigenvalue weighted by Crippen LogP contribution is 2.38. The Morgan fingerprint density at radius 2 is 1.92 bits per heavy atom. The first kappa shape index (κ1) is 17.1. The number of carbonyl (C=O) groups is 2. The molecule has 0 aliphatic carbocycles. The largest absolute Gasteiger partial charge is 0.494 e. The van der Waals surface area contributed by atoms with E-state index in [9.17, 15) is 9.59 Å². The summed E-state index contributed by atoms with van der Waals surface area (Å²) < 4.78 is 5.85. The summed E-state index contributed by atoms with van der Waals surface area (Å²) in [5, 5.41) is 0.0940. The molecule has 3 rings (SSSR count). The minimum absolute atomic E-state index is 0.323. The first-order valence-electron chi connectivity index (χ1n) is 6.87. The van der Waals surface area contributed by atoms with E-state index in [0.717, 1.165) is 16.7 Å². The number of ether oxygens (including phenoxy) is 1. The molecule has 1 saturated heterocycles. The third-order valence-electron chi connectivity index (χ3n) is 3.33. The summed E-state index contributed by atoms with van der Waals surface area (Å²) >= 11 is 10.4. The van der Waals surface area contributed by atoms with Crippen molar-refractivity contribution in [2.75, 3.05) is 12.0 Å². The Balaban J connectivity index is 1.95. The van der Waals surface area contributed by atoms with E-state index >= 15 is 0 Å². The Morgan fingerprint density at radius 1 is 1.21 bits per heavy atom. The molecule has 0 atom stereocenters. The maximum Gasteiger partial charge on any atom is 0.298 e. The highest BCUT2D eigenvalue weighted by molar-refractivity contribution is 9.10. The summed E-state index contributed by atoms with van der Waals surface area (Å²) in [6.45, 7) is 0. The molecule has 1 aliphatic heterocycles. The van der Waals surface area contributed by atoms with Crippen molar-refractivity contribution < 1.29 is 14.3 Å². The van der Waals surface area contributed by atoms with Gasteiger partial charge in [0.1, 0.15) is 0 Å². The molecular formula is C17H11BrClNO3S. The van der Waals surface area contributed by atoms with E-state index in [4.69, 9.17) is 16.3 Å². The normalized spacial score (nSPS) is 16.1. The van der Waals surface area contributed by atoms with Crippen molar-refractivity contribution in [3.63, 3.8) is 0 Å². The molecule has 2 amide bonds. The van der Waals surface area contributed by atoms with E-state index in [1.165, 1.54) is 7.11 Å². The number of thioether (sulfide) groups is 1. The minimum Gasteiger partial charge on any atom is -0.494 e. The number of anilines is 1. The fraction of sp³-hybridized carbons (Fsp3) is 0.0588. The Labute approximate surface area is 156 Å². The predicted octanol–water partition coefficient (Wildman–Crippen LogP) is 5.35. The van der Waals surface area contributed by atoms with Crippen LogP contribution in [-0.4, -0.2) is 18.3 Å². The number of carbonyl (C=O) groups excluding carboxylic acids is 2. The number of halogens is 2. The molecule has 24 heavy (non-hydrogen) atoms. The molecule has 0 saturated carbocycles. The lowest BCUT2D eigenvalue weighted by Gasteiger charge is -2.11. The second-order valence-electron chi connectivity index (χ2n) is 4.87. The zero-order valence-corrected chi connectivity index (χ0v) is 15.6. The maximum atomic E-state index is 12.6. The molecule has 0 bridgehead atoms. The van der Waals surface area contributed by atoms with E-state index in [0.29, 0.717) is 31.4 Å². The highest BCUT2D eigenvalue weighted by Gasteiger charge is 2.36. The summed E-state index contributed by atoms with van der Waals surface area (Å²) in [6, 6.07) is 12.3. The number of hydrogen-bond acceptors (Lipinski definition) is 4. The van der Waals surface area contributed by atoms with E-state index in [2.05, 4.69) is 15.9 Å². The quantitative estimate of drug-likeness (QED) is 0.623. The lowest BCUT2D eigenvalue weighted by atomic mass is 10.2. The van der Waals surface area contributed by atoms with Gasteiger partial charge in [-0.05, 0) is 63.6 Å². The van der Waals surface area contributed by atoms with Gasteiger partial charge in [0.2, 0.25) is 0 Å². The van der Waals surface area contributed by atoms with Crippen LogP contribution in [0.1, 0.15) is 5.56 Å². The molecule has 0 aromatic heterocycles. The van der Waals surface area contributed by atoms with Crippen molar-refractivity contribution in [1.82, 2.24) is 0 Å². The lowest BCUT2D eigenvalue weighted by molar-refractivity contribution is -0.113. The van der Waals surface area contributed by atoms with Crippen LogP contribution in [0.25, 0.3) is 6.08 Å². The van der Waals surface area contributed by atoms with Crippen LogP contribution in [0.4, 0.5) is 10.5 Å². The fourth-order valence-electron chi connectivity index (χ4n) is 2.28. The molecule has 1 heterocycles. The zero-order chi connectivity index (χ0) is 17.3. The Morgan fingerprint density at radius 3 is 2.54 bits per heavy atom. The molecule has 122 valence electrons. The van der Waals surface area contributed by atoms with Crippen LogP contribution in [0.3, 0.4) is 0 Å². The Hall–Kier alpha value is -1.76. The predicted molar refractivity (Wildman–Crippen MR) is 101 cm³/mol. The molecule has 1 aliphatic rings. The van der Waals surface area contributed by atoms with Crippen molar-refractivity contribution in [2.24, 2.45) is 0 Å². The standard InChI is InChI=1S/C17H11BrClNO3S/c1-23-15-12(18)7-10(8-13(15)19)9-14-16(21)20(17(22)24-14)11-5-3-2-4-6-11/h2-9H,1H3/b14-9-. The first-order valence-corrected chi connectivity index (χ1v) is 8.86. The lowest BCUT2D eigenvalue weighted by Crippen LogP contribution is -2.27. The molecule has 0 radical (unpaired) electrons. The summed E-state index contributed by atoms with van der Waals surface area (Å²) in [5.74, 6) is 0.172.